The fourth-order valence-electron chi connectivity index (χ4n) is 1.63. The van der Waals surface area contributed by atoms with Crippen LogP contribution in [-0.4, -0.2) is 12.6 Å². The Morgan fingerprint density at radius 3 is 2.42 bits per heavy atom. The standard InChI is InChI=1S/C15H15NO2S/c1-2-18-15(17)11-7-3-5-9-13(11)19-14-10-6-4-8-12(14)16/h3-10H,2,16H2,1H3. The molecule has 0 heterocycles. The topological polar surface area (TPSA) is 52.3 Å². The molecule has 0 saturated carbocycles. The Bertz CT molecular complexity index is 584. The van der Waals surface area contributed by atoms with Crippen LogP contribution >= 0.6 is 11.8 Å². The van der Waals surface area contributed by atoms with E-state index in [4.69, 9.17) is 10.5 Å². The zero-order valence-electron chi connectivity index (χ0n) is 10.6. The summed E-state index contributed by atoms with van der Waals surface area (Å²) in [5.41, 5.74) is 7.18. The van der Waals surface area contributed by atoms with Gasteiger partial charge in [-0.25, -0.2) is 4.79 Å². The molecule has 2 aromatic rings. The van der Waals surface area contributed by atoms with Gasteiger partial charge in [0, 0.05) is 15.5 Å². The lowest BCUT2D eigenvalue weighted by atomic mass is 10.2. The number of anilines is 1. The Kier molecular flexibility index (Phi) is 4.47. The minimum absolute atomic E-state index is 0.305. The molecule has 0 atom stereocenters. The summed E-state index contributed by atoms with van der Waals surface area (Å²) in [4.78, 5) is 13.6. The molecule has 2 aromatic carbocycles. The molecule has 19 heavy (non-hydrogen) atoms. The van der Waals surface area contributed by atoms with Gasteiger partial charge in [-0.3, -0.25) is 0 Å². The molecule has 0 bridgehead atoms. The minimum atomic E-state index is -0.305. The number of para-hydroxylation sites is 1. The molecule has 2 N–H and O–H groups in total. The first-order valence-electron chi connectivity index (χ1n) is 6.01. The first-order valence-corrected chi connectivity index (χ1v) is 6.82. The fraction of sp³-hybridized carbons (Fsp3) is 0.133. The second-order valence-corrected chi connectivity index (χ2v) is 4.94. The van der Waals surface area contributed by atoms with Crippen LogP contribution in [0.3, 0.4) is 0 Å². The number of nitrogens with two attached hydrogens (primary N) is 1. The normalized spacial score (nSPS) is 10.2. The van der Waals surface area contributed by atoms with Gasteiger partial charge in [0.15, 0.2) is 0 Å². The van der Waals surface area contributed by atoms with Crippen molar-refractivity contribution in [3.8, 4) is 0 Å². The van der Waals surface area contributed by atoms with Crippen molar-refractivity contribution in [3.05, 3.63) is 54.1 Å². The van der Waals surface area contributed by atoms with Crippen LogP contribution in [0.5, 0.6) is 0 Å². The monoisotopic (exact) mass is 273 g/mol. The number of carbonyl (C=O) groups is 1. The number of hydrogen-bond acceptors (Lipinski definition) is 4. The van der Waals surface area contributed by atoms with E-state index in [0.717, 1.165) is 9.79 Å². The van der Waals surface area contributed by atoms with E-state index in [2.05, 4.69) is 0 Å². The number of esters is 1. The number of hydrogen-bond donors (Lipinski definition) is 1. The van der Waals surface area contributed by atoms with E-state index in [1.165, 1.54) is 11.8 Å². The zero-order chi connectivity index (χ0) is 13.7. The molecule has 0 saturated heterocycles. The van der Waals surface area contributed by atoms with Crippen molar-refractivity contribution in [2.45, 2.75) is 16.7 Å². The summed E-state index contributed by atoms with van der Waals surface area (Å²) in [7, 11) is 0. The molecule has 3 nitrogen and oxygen atoms in total. The van der Waals surface area contributed by atoms with E-state index >= 15 is 0 Å². The summed E-state index contributed by atoms with van der Waals surface area (Å²) in [6.45, 7) is 2.16. The quantitative estimate of drug-likeness (QED) is 0.683. The van der Waals surface area contributed by atoms with Crippen LogP contribution in [0, 0.1) is 0 Å². The molecule has 4 heteroatoms. The number of ether oxygens (including phenoxy) is 1. The SMILES string of the molecule is CCOC(=O)c1ccccc1Sc1ccccc1N. The number of rotatable bonds is 4. The summed E-state index contributed by atoms with van der Waals surface area (Å²) in [6.07, 6.45) is 0. The molecule has 98 valence electrons. The smallest absolute Gasteiger partial charge is 0.339 e. The maximum atomic E-state index is 11.9. The van der Waals surface area contributed by atoms with Gasteiger partial charge in [0.1, 0.15) is 0 Å². The highest BCUT2D eigenvalue weighted by Crippen LogP contribution is 2.34. The van der Waals surface area contributed by atoms with Gasteiger partial charge in [-0.1, -0.05) is 36.0 Å². The molecule has 0 radical (unpaired) electrons. The Morgan fingerprint density at radius 2 is 1.74 bits per heavy atom. The Hall–Kier alpha value is -1.94. The van der Waals surface area contributed by atoms with Crippen molar-refractivity contribution in [3.63, 3.8) is 0 Å². The summed E-state index contributed by atoms with van der Waals surface area (Å²) < 4.78 is 5.05. The van der Waals surface area contributed by atoms with Crippen LogP contribution in [0.2, 0.25) is 0 Å². The van der Waals surface area contributed by atoms with Gasteiger partial charge in [0.05, 0.1) is 12.2 Å². The van der Waals surface area contributed by atoms with Crippen LogP contribution < -0.4 is 5.73 Å². The third-order valence-electron chi connectivity index (χ3n) is 2.52. The lowest BCUT2D eigenvalue weighted by Crippen LogP contribution is -2.05. The van der Waals surface area contributed by atoms with Crippen molar-refractivity contribution in [2.24, 2.45) is 0 Å². The van der Waals surface area contributed by atoms with Crippen molar-refractivity contribution in [1.82, 2.24) is 0 Å². The van der Waals surface area contributed by atoms with E-state index in [1.807, 2.05) is 42.5 Å². The maximum absolute atomic E-state index is 11.9. The molecule has 0 amide bonds. The summed E-state index contributed by atoms with van der Waals surface area (Å²) in [6, 6.07) is 15.0. The van der Waals surface area contributed by atoms with E-state index in [-0.39, 0.29) is 5.97 Å². The van der Waals surface area contributed by atoms with E-state index in [1.54, 1.807) is 13.0 Å². The summed E-state index contributed by atoms with van der Waals surface area (Å²) >= 11 is 1.47. The van der Waals surface area contributed by atoms with Gasteiger partial charge in [0.25, 0.3) is 0 Å². The Labute approximate surface area is 116 Å². The fourth-order valence-corrected chi connectivity index (χ4v) is 2.60. The molecular formula is C15H15NO2S. The van der Waals surface area contributed by atoms with Crippen molar-refractivity contribution in [1.29, 1.82) is 0 Å². The summed E-state index contributed by atoms with van der Waals surface area (Å²) in [5.74, 6) is -0.305. The van der Waals surface area contributed by atoms with Crippen molar-refractivity contribution < 1.29 is 9.53 Å². The summed E-state index contributed by atoms with van der Waals surface area (Å²) in [5, 5.41) is 0. The Balaban J connectivity index is 2.30. The molecule has 2 rings (SSSR count). The number of nitrogen functional groups attached to an aromatic ring is 1. The van der Waals surface area contributed by atoms with Gasteiger partial charge >= 0.3 is 5.97 Å². The van der Waals surface area contributed by atoms with Crippen LogP contribution in [0.1, 0.15) is 17.3 Å². The first-order chi connectivity index (χ1) is 9.22. The zero-order valence-corrected chi connectivity index (χ0v) is 11.4. The molecule has 0 aromatic heterocycles. The molecule has 0 spiro atoms. The second kappa shape index (κ2) is 6.29. The molecule has 0 unspecified atom stereocenters. The van der Waals surface area contributed by atoms with Crippen molar-refractivity contribution in [2.75, 3.05) is 12.3 Å². The third-order valence-corrected chi connectivity index (χ3v) is 3.69. The maximum Gasteiger partial charge on any atom is 0.339 e. The lowest BCUT2D eigenvalue weighted by molar-refractivity contribution is 0.0522. The highest BCUT2D eigenvalue weighted by atomic mass is 32.2. The van der Waals surface area contributed by atoms with Crippen LogP contribution in [0.25, 0.3) is 0 Å². The third kappa shape index (κ3) is 3.29. The van der Waals surface area contributed by atoms with Crippen molar-refractivity contribution >= 4 is 23.4 Å². The number of benzene rings is 2. The van der Waals surface area contributed by atoms with E-state index in [0.29, 0.717) is 17.9 Å². The van der Waals surface area contributed by atoms with Crippen LogP contribution in [0.15, 0.2) is 58.3 Å². The highest BCUT2D eigenvalue weighted by Gasteiger charge is 2.13. The van der Waals surface area contributed by atoms with Gasteiger partial charge in [-0.15, -0.1) is 0 Å². The average Bonchev–Trinajstić information content (AvgIpc) is 2.42. The van der Waals surface area contributed by atoms with Gasteiger partial charge < -0.3 is 10.5 Å². The van der Waals surface area contributed by atoms with Gasteiger partial charge in [0.2, 0.25) is 0 Å². The van der Waals surface area contributed by atoms with E-state index < -0.39 is 0 Å². The van der Waals surface area contributed by atoms with Gasteiger partial charge in [-0.2, -0.15) is 0 Å². The second-order valence-electron chi connectivity index (χ2n) is 3.86. The van der Waals surface area contributed by atoms with E-state index in [9.17, 15) is 4.79 Å². The predicted octanol–water partition coefficient (Wildman–Crippen LogP) is 3.60. The molecule has 0 aliphatic carbocycles. The first kappa shape index (κ1) is 13.5. The Morgan fingerprint density at radius 1 is 1.11 bits per heavy atom. The highest BCUT2D eigenvalue weighted by molar-refractivity contribution is 7.99. The molecule has 0 aliphatic heterocycles. The lowest BCUT2D eigenvalue weighted by Gasteiger charge is -2.09. The predicted molar refractivity (Wildman–Crippen MR) is 77.4 cm³/mol. The number of carbonyl (C=O) groups excluding carboxylic acids is 1. The largest absolute Gasteiger partial charge is 0.462 e. The van der Waals surface area contributed by atoms with Gasteiger partial charge in [-0.05, 0) is 31.2 Å². The molecule has 0 fully saturated rings. The van der Waals surface area contributed by atoms with Crippen LogP contribution in [0.4, 0.5) is 5.69 Å². The average molecular weight is 273 g/mol. The molecular weight excluding hydrogens is 258 g/mol. The minimum Gasteiger partial charge on any atom is -0.462 e. The molecule has 0 aliphatic rings. The van der Waals surface area contributed by atoms with Crippen LogP contribution in [-0.2, 0) is 4.74 Å².